The molecule has 0 saturated carbocycles. The van der Waals surface area contributed by atoms with E-state index in [1.165, 1.54) is 0 Å². The highest BCUT2D eigenvalue weighted by atomic mass is 79.9. The van der Waals surface area contributed by atoms with E-state index in [0.717, 1.165) is 42.8 Å². The van der Waals surface area contributed by atoms with Gasteiger partial charge in [0.25, 0.3) is 0 Å². The number of benzene rings is 1. The molecule has 92 valence electrons. The molecule has 1 aromatic rings. The first-order valence-electron chi connectivity index (χ1n) is 5.84. The summed E-state index contributed by atoms with van der Waals surface area (Å²) in [7, 11) is 0. The number of hydrogen-bond acceptors (Lipinski definition) is 3. The van der Waals surface area contributed by atoms with Crippen molar-refractivity contribution in [1.29, 1.82) is 0 Å². The highest BCUT2D eigenvalue weighted by Crippen LogP contribution is 2.12. The normalized spacial score (nSPS) is 17.7. The Morgan fingerprint density at radius 3 is 3.06 bits per heavy atom. The fourth-order valence-corrected chi connectivity index (χ4v) is 2.31. The minimum absolute atomic E-state index is 0.174. The molecule has 0 aromatic heterocycles. The Morgan fingerprint density at radius 2 is 2.24 bits per heavy atom. The van der Waals surface area contributed by atoms with E-state index in [1.54, 1.807) is 0 Å². The van der Waals surface area contributed by atoms with Crippen molar-refractivity contribution in [3.8, 4) is 0 Å². The zero-order valence-corrected chi connectivity index (χ0v) is 11.3. The largest absolute Gasteiger partial charge is 0.380 e. The van der Waals surface area contributed by atoms with E-state index in [4.69, 9.17) is 4.74 Å². The molecule has 17 heavy (non-hydrogen) atoms. The summed E-state index contributed by atoms with van der Waals surface area (Å²) in [6.07, 6.45) is 1.01. The lowest BCUT2D eigenvalue weighted by Crippen LogP contribution is -2.32. The van der Waals surface area contributed by atoms with Gasteiger partial charge in [-0.25, -0.2) is 0 Å². The van der Waals surface area contributed by atoms with Crippen molar-refractivity contribution in [3.63, 3.8) is 0 Å². The minimum Gasteiger partial charge on any atom is -0.380 e. The third-order valence-corrected chi connectivity index (χ3v) is 3.32. The van der Waals surface area contributed by atoms with Crippen molar-refractivity contribution in [3.05, 3.63) is 34.3 Å². The summed E-state index contributed by atoms with van der Waals surface area (Å²) in [6.45, 7) is 3.81. The zero-order valence-electron chi connectivity index (χ0n) is 9.69. The molecule has 0 bridgehead atoms. The lowest BCUT2D eigenvalue weighted by atomic mass is 10.1. The van der Waals surface area contributed by atoms with Crippen molar-refractivity contribution in [2.45, 2.75) is 6.42 Å². The molecular weight excluding hydrogens is 282 g/mol. The fourth-order valence-electron chi connectivity index (χ4n) is 1.91. The third-order valence-electron chi connectivity index (χ3n) is 2.83. The first-order valence-corrected chi connectivity index (χ1v) is 6.64. The van der Waals surface area contributed by atoms with Gasteiger partial charge in [-0.05, 0) is 18.6 Å². The highest BCUT2D eigenvalue weighted by Gasteiger charge is 2.14. The van der Waals surface area contributed by atoms with Gasteiger partial charge < -0.3 is 4.74 Å². The Hall–Kier alpha value is -0.710. The molecule has 0 atom stereocenters. The van der Waals surface area contributed by atoms with Crippen LogP contribution in [0, 0.1) is 0 Å². The second-order valence-corrected chi connectivity index (χ2v) is 5.09. The number of carbonyl (C=O) groups excluding carboxylic acids is 1. The summed E-state index contributed by atoms with van der Waals surface area (Å²) in [5.74, 6) is 0.174. The number of hydrogen-bond donors (Lipinski definition) is 0. The maximum atomic E-state index is 12.1. The van der Waals surface area contributed by atoms with Gasteiger partial charge in [0.2, 0.25) is 0 Å². The molecule has 3 nitrogen and oxygen atoms in total. The highest BCUT2D eigenvalue weighted by molar-refractivity contribution is 9.10. The van der Waals surface area contributed by atoms with E-state index in [2.05, 4.69) is 20.8 Å². The maximum absolute atomic E-state index is 12.1. The summed E-state index contributed by atoms with van der Waals surface area (Å²) in [6, 6.07) is 7.55. The standard InChI is InChI=1S/C13H16BrNO2/c14-12-4-1-3-11(9-12)13(16)10-15-5-2-7-17-8-6-15/h1,3-4,9H,2,5-8,10H2. The van der Waals surface area contributed by atoms with Gasteiger partial charge in [0.05, 0.1) is 13.2 Å². The molecule has 1 aromatic carbocycles. The Balaban J connectivity index is 1.96. The van der Waals surface area contributed by atoms with E-state index in [0.29, 0.717) is 6.54 Å². The average molecular weight is 298 g/mol. The number of rotatable bonds is 3. The second kappa shape index (κ2) is 6.28. The van der Waals surface area contributed by atoms with Gasteiger partial charge in [-0.3, -0.25) is 9.69 Å². The van der Waals surface area contributed by atoms with Crippen LogP contribution in [0.15, 0.2) is 28.7 Å². The van der Waals surface area contributed by atoms with Crippen molar-refractivity contribution >= 4 is 21.7 Å². The predicted octanol–water partition coefficient (Wildman–Crippen LogP) is 2.35. The quantitative estimate of drug-likeness (QED) is 0.802. The van der Waals surface area contributed by atoms with Crippen molar-refractivity contribution in [2.24, 2.45) is 0 Å². The summed E-state index contributed by atoms with van der Waals surface area (Å²) in [5, 5.41) is 0. The Morgan fingerprint density at radius 1 is 1.35 bits per heavy atom. The maximum Gasteiger partial charge on any atom is 0.176 e. The van der Waals surface area contributed by atoms with Gasteiger partial charge in [-0.15, -0.1) is 0 Å². The molecule has 1 aliphatic rings. The molecule has 1 heterocycles. The number of ketones is 1. The molecule has 4 heteroatoms. The summed E-state index contributed by atoms with van der Waals surface area (Å²) < 4.78 is 6.32. The van der Waals surface area contributed by atoms with Gasteiger partial charge in [0.15, 0.2) is 5.78 Å². The van der Waals surface area contributed by atoms with Crippen molar-refractivity contribution in [1.82, 2.24) is 4.90 Å². The van der Waals surface area contributed by atoms with Gasteiger partial charge >= 0.3 is 0 Å². The molecule has 0 aliphatic carbocycles. The summed E-state index contributed by atoms with van der Waals surface area (Å²) in [4.78, 5) is 14.2. The number of Topliss-reactive ketones (excluding diaryl/α,β-unsaturated/α-hetero) is 1. The molecule has 0 amide bonds. The summed E-state index contributed by atoms with van der Waals surface area (Å²) in [5.41, 5.74) is 0.768. The van der Waals surface area contributed by atoms with E-state index >= 15 is 0 Å². The molecule has 0 unspecified atom stereocenters. The van der Waals surface area contributed by atoms with E-state index in [1.807, 2.05) is 24.3 Å². The molecular formula is C13H16BrNO2. The Kier molecular flexibility index (Phi) is 4.71. The third kappa shape index (κ3) is 3.91. The molecule has 1 saturated heterocycles. The second-order valence-electron chi connectivity index (χ2n) is 4.18. The van der Waals surface area contributed by atoms with Gasteiger partial charge in [-0.1, -0.05) is 28.1 Å². The van der Waals surface area contributed by atoms with Crippen molar-refractivity contribution < 1.29 is 9.53 Å². The van der Waals surface area contributed by atoms with Gasteiger partial charge in [0, 0.05) is 29.7 Å². The van der Waals surface area contributed by atoms with Crippen LogP contribution in [0.2, 0.25) is 0 Å². The van der Waals surface area contributed by atoms with Crippen LogP contribution in [-0.4, -0.2) is 43.5 Å². The first-order chi connectivity index (χ1) is 8.25. The first kappa shape index (κ1) is 12.7. The predicted molar refractivity (Wildman–Crippen MR) is 70.3 cm³/mol. The number of ether oxygens (including phenoxy) is 1. The fraction of sp³-hybridized carbons (Fsp3) is 0.462. The number of halogens is 1. The average Bonchev–Trinajstić information content (AvgIpc) is 2.57. The zero-order chi connectivity index (χ0) is 12.1. The number of nitrogens with zero attached hydrogens (tertiary/aromatic N) is 1. The lowest BCUT2D eigenvalue weighted by Gasteiger charge is -2.17. The Bertz CT molecular complexity index is 387. The Labute approximate surface area is 110 Å². The van der Waals surface area contributed by atoms with E-state index < -0.39 is 0 Å². The smallest absolute Gasteiger partial charge is 0.176 e. The van der Waals surface area contributed by atoms with Gasteiger partial charge in [0.1, 0.15) is 0 Å². The molecule has 0 N–H and O–H groups in total. The van der Waals surface area contributed by atoms with Crippen LogP contribution in [0.3, 0.4) is 0 Å². The molecule has 0 radical (unpaired) electrons. The van der Waals surface area contributed by atoms with Crippen LogP contribution in [0.5, 0.6) is 0 Å². The van der Waals surface area contributed by atoms with Crippen LogP contribution in [0.4, 0.5) is 0 Å². The minimum atomic E-state index is 0.174. The van der Waals surface area contributed by atoms with E-state index in [9.17, 15) is 4.79 Å². The van der Waals surface area contributed by atoms with Crippen LogP contribution >= 0.6 is 15.9 Å². The number of carbonyl (C=O) groups is 1. The van der Waals surface area contributed by atoms with Gasteiger partial charge in [-0.2, -0.15) is 0 Å². The molecule has 2 rings (SSSR count). The van der Waals surface area contributed by atoms with Crippen LogP contribution in [0.1, 0.15) is 16.8 Å². The lowest BCUT2D eigenvalue weighted by molar-refractivity contribution is 0.0922. The molecule has 1 aliphatic heterocycles. The SMILES string of the molecule is O=C(CN1CCCOCC1)c1cccc(Br)c1. The van der Waals surface area contributed by atoms with E-state index in [-0.39, 0.29) is 5.78 Å². The monoisotopic (exact) mass is 297 g/mol. The topological polar surface area (TPSA) is 29.5 Å². The van der Waals surface area contributed by atoms with Crippen molar-refractivity contribution in [2.75, 3.05) is 32.8 Å². The van der Waals surface area contributed by atoms with Crippen LogP contribution < -0.4 is 0 Å². The van der Waals surface area contributed by atoms with Crippen LogP contribution in [0.25, 0.3) is 0 Å². The van der Waals surface area contributed by atoms with Crippen LogP contribution in [-0.2, 0) is 4.74 Å². The molecule has 0 spiro atoms. The summed E-state index contributed by atoms with van der Waals surface area (Å²) >= 11 is 3.38. The molecule has 1 fully saturated rings.